The van der Waals surface area contributed by atoms with E-state index in [4.69, 9.17) is 0 Å². The summed E-state index contributed by atoms with van der Waals surface area (Å²) >= 11 is 0. The Hall–Kier alpha value is -1.03. The Balaban J connectivity index is 0.000000791. The predicted molar refractivity (Wildman–Crippen MR) is 60.4 cm³/mol. The van der Waals surface area contributed by atoms with E-state index in [0.717, 1.165) is 5.69 Å². The highest BCUT2D eigenvalue weighted by Gasteiger charge is 2.04. The van der Waals surface area contributed by atoms with Gasteiger partial charge in [-0.05, 0) is 24.3 Å². The summed E-state index contributed by atoms with van der Waals surface area (Å²) in [4.78, 5) is 0.349. The number of benzene rings is 1. The summed E-state index contributed by atoms with van der Waals surface area (Å²) in [5, 5.41) is 2.91. The molecule has 0 saturated carbocycles. The van der Waals surface area contributed by atoms with Crippen molar-refractivity contribution in [2.24, 2.45) is 0 Å². The molecule has 0 atom stereocenters. The smallest absolute Gasteiger partial charge is 0.175 e. The van der Waals surface area contributed by atoms with Gasteiger partial charge in [-0.15, -0.1) is 0 Å². The first-order chi connectivity index (χ1) is 6.54. The molecule has 1 aromatic carbocycles. The summed E-state index contributed by atoms with van der Waals surface area (Å²) in [5.74, 6) is 0. The van der Waals surface area contributed by atoms with E-state index >= 15 is 0 Å². The molecule has 14 heavy (non-hydrogen) atoms. The zero-order chi connectivity index (χ0) is 11.2. The maximum absolute atomic E-state index is 11.0. The Morgan fingerprint density at radius 3 is 1.79 bits per heavy atom. The molecule has 0 aliphatic carbocycles. The van der Waals surface area contributed by atoms with E-state index in [1.807, 2.05) is 13.8 Å². The van der Waals surface area contributed by atoms with Crippen LogP contribution in [-0.4, -0.2) is 21.7 Å². The molecule has 80 valence electrons. The van der Waals surface area contributed by atoms with Gasteiger partial charge in [-0.2, -0.15) is 0 Å². The van der Waals surface area contributed by atoms with E-state index in [9.17, 15) is 8.42 Å². The van der Waals surface area contributed by atoms with Crippen LogP contribution in [0.5, 0.6) is 0 Å². The van der Waals surface area contributed by atoms with Crippen molar-refractivity contribution in [3.8, 4) is 0 Å². The SMILES string of the molecule is CC.CNc1ccc(S(C)(=O)=O)cc1. The molecule has 0 aromatic heterocycles. The Morgan fingerprint density at radius 1 is 1.07 bits per heavy atom. The number of anilines is 1. The molecule has 0 aliphatic rings. The first kappa shape index (κ1) is 13.0. The molecule has 0 saturated heterocycles. The topological polar surface area (TPSA) is 46.2 Å². The van der Waals surface area contributed by atoms with Crippen molar-refractivity contribution < 1.29 is 8.42 Å². The highest BCUT2D eigenvalue weighted by atomic mass is 32.2. The number of hydrogen-bond acceptors (Lipinski definition) is 3. The maximum atomic E-state index is 11.0. The van der Waals surface area contributed by atoms with Crippen LogP contribution in [0.4, 0.5) is 5.69 Å². The molecule has 1 N–H and O–H groups in total. The molecule has 0 heterocycles. The van der Waals surface area contributed by atoms with Crippen LogP contribution in [0.15, 0.2) is 29.2 Å². The lowest BCUT2D eigenvalue weighted by atomic mass is 10.3. The average Bonchev–Trinajstić information content (AvgIpc) is 2.20. The first-order valence-electron chi connectivity index (χ1n) is 4.52. The van der Waals surface area contributed by atoms with Gasteiger partial charge >= 0.3 is 0 Å². The van der Waals surface area contributed by atoms with Gasteiger partial charge in [0.25, 0.3) is 0 Å². The van der Waals surface area contributed by atoms with Crippen LogP contribution in [0.2, 0.25) is 0 Å². The molecule has 4 heteroatoms. The van der Waals surface area contributed by atoms with Crippen LogP contribution in [0.1, 0.15) is 13.8 Å². The second kappa shape index (κ2) is 5.65. The Labute approximate surface area is 86.1 Å². The highest BCUT2D eigenvalue weighted by Crippen LogP contribution is 2.12. The van der Waals surface area contributed by atoms with E-state index in [2.05, 4.69) is 5.32 Å². The Bertz CT molecular complexity index is 354. The second-order valence-electron chi connectivity index (χ2n) is 2.55. The number of sulfone groups is 1. The predicted octanol–water partition coefficient (Wildman–Crippen LogP) is 2.16. The van der Waals surface area contributed by atoms with E-state index in [-0.39, 0.29) is 0 Å². The number of nitrogens with one attached hydrogen (secondary N) is 1. The number of hydrogen-bond donors (Lipinski definition) is 1. The Morgan fingerprint density at radius 2 is 1.50 bits per heavy atom. The summed E-state index contributed by atoms with van der Waals surface area (Å²) in [7, 11) is -1.27. The minimum absolute atomic E-state index is 0.349. The summed E-state index contributed by atoms with van der Waals surface area (Å²) in [6.07, 6.45) is 1.20. The van der Waals surface area contributed by atoms with Crippen LogP contribution in [0.3, 0.4) is 0 Å². The molecule has 1 rings (SSSR count). The van der Waals surface area contributed by atoms with Crippen LogP contribution in [-0.2, 0) is 9.84 Å². The van der Waals surface area contributed by atoms with Gasteiger partial charge in [-0.25, -0.2) is 8.42 Å². The molecule has 0 spiro atoms. The fraction of sp³-hybridized carbons (Fsp3) is 0.400. The van der Waals surface area contributed by atoms with Crippen molar-refractivity contribution in [3.05, 3.63) is 24.3 Å². The van der Waals surface area contributed by atoms with Crippen molar-refractivity contribution in [3.63, 3.8) is 0 Å². The zero-order valence-corrected chi connectivity index (χ0v) is 9.85. The van der Waals surface area contributed by atoms with Crippen molar-refractivity contribution in [2.45, 2.75) is 18.7 Å². The minimum atomic E-state index is -3.06. The van der Waals surface area contributed by atoms with E-state index in [1.165, 1.54) is 6.26 Å². The fourth-order valence-electron chi connectivity index (χ4n) is 0.869. The van der Waals surface area contributed by atoms with Gasteiger partial charge in [0, 0.05) is 19.0 Å². The second-order valence-corrected chi connectivity index (χ2v) is 4.56. The molecule has 0 unspecified atom stereocenters. The monoisotopic (exact) mass is 215 g/mol. The van der Waals surface area contributed by atoms with Gasteiger partial charge in [-0.3, -0.25) is 0 Å². The lowest BCUT2D eigenvalue weighted by molar-refractivity contribution is 0.602. The van der Waals surface area contributed by atoms with Gasteiger partial charge in [0.05, 0.1) is 4.90 Å². The van der Waals surface area contributed by atoms with Crippen molar-refractivity contribution >= 4 is 15.5 Å². The number of rotatable bonds is 2. The third-order valence-electron chi connectivity index (χ3n) is 1.57. The lowest BCUT2D eigenvalue weighted by Gasteiger charge is -2.00. The first-order valence-corrected chi connectivity index (χ1v) is 6.41. The highest BCUT2D eigenvalue weighted by molar-refractivity contribution is 7.90. The van der Waals surface area contributed by atoms with Crippen LogP contribution in [0.25, 0.3) is 0 Å². The van der Waals surface area contributed by atoms with Gasteiger partial charge in [0.15, 0.2) is 9.84 Å². The molecule has 0 bridgehead atoms. The lowest BCUT2D eigenvalue weighted by Crippen LogP contribution is -1.96. The molecular formula is C10H17NO2S. The molecule has 0 aliphatic heterocycles. The van der Waals surface area contributed by atoms with Crippen LogP contribution in [0, 0.1) is 0 Å². The average molecular weight is 215 g/mol. The van der Waals surface area contributed by atoms with Crippen molar-refractivity contribution in [2.75, 3.05) is 18.6 Å². The molecule has 0 fully saturated rings. The Kier molecular flexibility index (Phi) is 5.23. The molecule has 3 nitrogen and oxygen atoms in total. The quantitative estimate of drug-likeness (QED) is 0.822. The minimum Gasteiger partial charge on any atom is -0.388 e. The fourth-order valence-corrected chi connectivity index (χ4v) is 1.50. The largest absolute Gasteiger partial charge is 0.388 e. The van der Waals surface area contributed by atoms with Gasteiger partial charge in [-0.1, -0.05) is 13.8 Å². The van der Waals surface area contributed by atoms with Gasteiger partial charge in [0.2, 0.25) is 0 Å². The summed E-state index contributed by atoms with van der Waals surface area (Å²) in [6.45, 7) is 4.00. The van der Waals surface area contributed by atoms with Crippen molar-refractivity contribution in [1.82, 2.24) is 0 Å². The van der Waals surface area contributed by atoms with Crippen LogP contribution < -0.4 is 5.32 Å². The molecule has 0 radical (unpaired) electrons. The van der Waals surface area contributed by atoms with Crippen LogP contribution >= 0.6 is 0 Å². The molecule has 1 aromatic rings. The van der Waals surface area contributed by atoms with E-state index < -0.39 is 9.84 Å². The van der Waals surface area contributed by atoms with E-state index in [1.54, 1.807) is 31.3 Å². The van der Waals surface area contributed by atoms with Crippen molar-refractivity contribution in [1.29, 1.82) is 0 Å². The summed E-state index contributed by atoms with van der Waals surface area (Å²) in [6, 6.07) is 6.63. The molecular weight excluding hydrogens is 198 g/mol. The zero-order valence-electron chi connectivity index (χ0n) is 9.03. The van der Waals surface area contributed by atoms with Gasteiger partial charge in [0.1, 0.15) is 0 Å². The van der Waals surface area contributed by atoms with E-state index in [0.29, 0.717) is 4.90 Å². The normalized spacial score (nSPS) is 10.0. The summed E-state index contributed by atoms with van der Waals surface area (Å²) in [5.41, 5.74) is 0.905. The molecule has 0 amide bonds. The third kappa shape index (κ3) is 3.79. The standard InChI is InChI=1S/C8H11NO2S.C2H6/c1-9-7-3-5-8(6-4-7)12(2,10)11;1-2/h3-6,9H,1-2H3;1-2H3. The van der Waals surface area contributed by atoms with Gasteiger partial charge < -0.3 is 5.32 Å². The maximum Gasteiger partial charge on any atom is 0.175 e. The summed E-state index contributed by atoms with van der Waals surface area (Å²) < 4.78 is 22.0. The third-order valence-corrected chi connectivity index (χ3v) is 2.70.